The van der Waals surface area contributed by atoms with Crippen LogP contribution in [0.25, 0.3) is 0 Å². The number of likely N-dealkylation sites (tertiary alicyclic amines) is 2. The minimum absolute atomic E-state index is 0.0459. The number of methoxy groups -OCH3 is 1. The topological polar surface area (TPSA) is 73.9 Å². The highest BCUT2D eigenvalue weighted by molar-refractivity contribution is 5.90. The number of amides is 3. The third kappa shape index (κ3) is 4.63. The minimum Gasteiger partial charge on any atom is -0.453 e. The molecule has 25 heavy (non-hydrogen) atoms. The second-order valence-corrected chi connectivity index (χ2v) is 6.62. The Hall–Kier alpha value is -2.28. The van der Waals surface area contributed by atoms with Gasteiger partial charge in [0.05, 0.1) is 7.11 Å². The van der Waals surface area contributed by atoms with E-state index in [4.69, 9.17) is 0 Å². The summed E-state index contributed by atoms with van der Waals surface area (Å²) < 4.78 is 4.55. The number of carbonyl (C=O) groups is 2. The zero-order valence-electron chi connectivity index (χ0n) is 14.7. The Morgan fingerprint density at radius 1 is 1.04 bits per heavy atom. The molecule has 0 radical (unpaired) electrons. The van der Waals surface area contributed by atoms with E-state index >= 15 is 0 Å². The predicted octanol–water partition coefficient (Wildman–Crippen LogP) is 2.96. The van der Waals surface area contributed by atoms with Crippen LogP contribution in [0.1, 0.15) is 25.7 Å². The quantitative estimate of drug-likeness (QED) is 0.879. The fourth-order valence-electron chi connectivity index (χ4n) is 3.56. The molecule has 1 aromatic carbocycles. The number of nitrogens with one attached hydrogen (secondary N) is 2. The summed E-state index contributed by atoms with van der Waals surface area (Å²) in [5, 5.41) is 5.54. The van der Waals surface area contributed by atoms with E-state index in [-0.39, 0.29) is 6.03 Å². The third-order valence-corrected chi connectivity index (χ3v) is 4.87. The Morgan fingerprint density at radius 3 is 2.32 bits per heavy atom. The van der Waals surface area contributed by atoms with Crippen molar-refractivity contribution in [3.8, 4) is 0 Å². The standard InChI is InChI=1S/C18H26N4O3/c1-25-18(24)20-15-8-6-14(7-9-15)19-17(23)22-12-4-5-16(22)13-21-10-2-3-11-21/h6-9,16H,2-5,10-13H2,1H3,(H,19,23)(H,20,24)/t16-/m0/s1. The first kappa shape index (κ1) is 17.5. The van der Waals surface area contributed by atoms with Crippen LogP contribution in [0.4, 0.5) is 21.0 Å². The van der Waals surface area contributed by atoms with Gasteiger partial charge in [-0.05, 0) is 63.0 Å². The molecular weight excluding hydrogens is 320 g/mol. The van der Waals surface area contributed by atoms with Crippen LogP contribution in [0.3, 0.4) is 0 Å². The number of benzene rings is 1. The van der Waals surface area contributed by atoms with Crippen molar-refractivity contribution in [2.24, 2.45) is 0 Å². The van der Waals surface area contributed by atoms with E-state index in [2.05, 4.69) is 20.3 Å². The molecule has 3 rings (SSSR count). The first-order chi connectivity index (χ1) is 12.2. The van der Waals surface area contributed by atoms with E-state index in [1.807, 2.05) is 4.90 Å². The van der Waals surface area contributed by atoms with E-state index in [0.29, 0.717) is 17.4 Å². The van der Waals surface area contributed by atoms with Crippen LogP contribution in [-0.4, -0.2) is 61.3 Å². The first-order valence-corrected chi connectivity index (χ1v) is 8.91. The largest absolute Gasteiger partial charge is 0.453 e. The number of anilines is 2. The molecule has 2 aliphatic rings. The zero-order valence-corrected chi connectivity index (χ0v) is 14.7. The molecule has 7 heteroatoms. The average Bonchev–Trinajstić information content (AvgIpc) is 3.29. The fraction of sp³-hybridized carbons (Fsp3) is 0.556. The molecule has 2 N–H and O–H groups in total. The van der Waals surface area contributed by atoms with E-state index in [1.165, 1.54) is 20.0 Å². The highest BCUT2D eigenvalue weighted by Gasteiger charge is 2.30. The van der Waals surface area contributed by atoms with Gasteiger partial charge in [-0.2, -0.15) is 0 Å². The van der Waals surface area contributed by atoms with Gasteiger partial charge >= 0.3 is 12.1 Å². The lowest BCUT2D eigenvalue weighted by Gasteiger charge is -2.28. The molecule has 2 fully saturated rings. The molecule has 1 aromatic rings. The van der Waals surface area contributed by atoms with Gasteiger partial charge in [-0.1, -0.05) is 0 Å². The van der Waals surface area contributed by atoms with Crippen LogP contribution in [0, 0.1) is 0 Å². The summed E-state index contributed by atoms with van der Waals surface area (Å²) in [6.07, 6.45) is 4.16. The molecule has 2 aliphatic heterocycles. The highest BCUT2D eigenvalue weighted by atomic mass is 16.5. The number of nitrogens with zero attached hydrogens (tertiary/aromatic N) is 2. The molecule has 0 unspecified atom stereocenters. The van der Waals surface area contributed by atoms with Crippen molar-refractivity contribution in [2.45, 2.75) is 31.7 Å². The molecule has 0 aliphatic carbocycles. The predicted molar refractivity (Wildman–Crippen MR) is 96.9 cm³/mol. The Labute approximate surface area is 148 Å². The lowest BCUT2D eigenvalue weighted by molar-refractivity contribution is 0.186. The normalized spacial score (nSPS) is 20.5. The van der Waals surface area contributed by atoms with Gasteiger partial charge in [-0.25, -0.2) is 9.59 Å². The number of rotatable bonds is 4. The van der Waals surface area contributed by atoms with Gasteiger partial charge < -0.3 is 19.9 Å². The Kier molecular flexibility index (Phi) is 5.75. The summed E-state index contributed by atoms with van der Waals surface area (Å²) in [5.41, 5.74) is 1.34. The molecular formula is C18H26N4O3. The summed E-state index contributed by atoms with van der Waals surface area (Å²) in [5.74, 6) is 0. The van der Waals surface area contributed by atoms with Crippen molar-refractivity contribution in [3.05, 3.63) is 24.3 Å². The molecule has 3 amide bonds. The first-order valence-electron chi connectivity index (χ1n) is 8.91. The monoisotopic (exact) mass is 346 g/mol. The molecule has 0 saturated carbocycles. The second kappa shape index (κ2) is 8.20. The summed E-state index contributed by atoms with van der Waals surface area (Å²) in [6, 6.07) is 7.27. The van der Waals surface area contributed by atoms with Crippen molar-refractivity contribution in [1.29, 1.82) is 0 Å². The van der Waals surface area contributed by atoms with E-state index in [9.17, 15) is 9.59 Å². The summed E-state index contributed by atoms with van der Waals surface area (Å²) in [4.78, 5) is 28.2. The average molecular weight is 346 g/mol. The van der Waals surface area contributed by atoms with Crippen molar-refractivity contribution < 1.29 is 14.3 Å². The van der Waals surface area contributed by atoms with Crippen molar-refractivity contribution >= 4 is 23.5 Å². The van der Waals surface area contributed by atoms with E-state index in [0.717, 1.165) is 39.0 Å². The molecule has 0 aromatic heterocycles. The lowest BCUT2D eigenvalue weighted by Crippen LogP contribution is -2.44. The van der Waals surface area contributed by atoms with Gasteiger partial charge in [-0.15, -0.1) is 0 Å². The minimum atomic E-state index is -0.515. The summed E-state index contributed by atoms with van der Waals surface area (Å²) in [6.45, 7) is 4.10. The van der Waals surface area contributed by atoms with Crippen LogP contribution in [0.15, 0.2) is 24.3 Å². The van der Waals surface area contributed by atoms with Gasteiger partial charge in [0.15, 0.2) is 0 Å². The van der Waals surface area contributed by atoms with Gasteiger partial charge in [0.25, 0.3) is 0 Å². The molecule has 2 heterocycles. The number of ether oxygens (including phenoxy) is 1. The van der Waals surface area contributed by atoms with Gasteiger partial charge in [0.2, 0.25) is 0 Å². The highest BCUT2D eigenvalue weighted by Crippen LogP contribution is 2.22. The maximum absolute atomic E-state index is 12.6. The Morgan fingerprint density at radius 2 is 1.68 bits per heavy atom. The van der Waals surface area contributed by atoms with Crippen LogP contribution in [0.5, 0.6) is 0 Å². The fourth-order valence-corrected chi connectivity index (χ4v) is 3.56. The molecule has 0 spiro atoms. The summed E-state index contributed by atoms with van der Waals surface area (Å²) >= 11 is 0. The van der Waals surface area contributed by atoms with Crippen molar-refractivity contribution in [3.63, 3.8) is 0 Å². The number of urea groups is 1. The van der Waals surface area contributed by atoms with E-state index < -0.39 is 6.09 Å². The molecule has 1 atom stereocenters. The molecule has 7 nitrogen and oxygen atoms in total. The smallest absolute Gasteiger partial charge is 0.411 e. The van der Waals surface area contributed by atoms with Gasteiger partial charge in [0, 0.05) is 30.5 Å². The molecule has 0 bridgehead atoms. The lowest BCUT2D eigenvalue weighted by atomic mass is 10.2. The number of hydrogen-bond donors (Lipinski definition) is 2. The third-order valence-electron chi connectivity index (χ3n) is 4.87. The maximum atomic E-state index is 12.6. The van der Waals surface area contributed by atoms with Crippen LogP contribution >= 0.6 is 0 Å². The van der Waals surface area contributed by atoms with Gasteiger partial charge in [0.1, 0.15) is 0 Å². The Balaban J connectivity index is 1.54. The molecule has 2 saturated heterocycles. The van der Waals surface area contributed by atoms with Crippen LogP contribution < -0.4 is 10.6 Å². The van der Waals surface area contributed by atoms with E-state index in [1.54, 1.807) is 24.3 Å². The Bertz CT molecular complexity index is 599. The molecule has 136 valence electrons. The zero-order chi connectivity index (χ0) is 17.6. The SMILES string of the molecule is COC(=O)Nc1ccc(NC(=O)N2CCC[C@H]2CN2CCCC2)cc1. The van der Waals surface area contributed by atoms with Crippen LogP contribution in [0.2, 0.25) is 0 Å². The van der Waals surface area contributed by atoms with Gasteiger partial charge in [-0.3, -0.25) is 5.32 Å². The van der Waals surface area contributed by atoms with Crippen molar-refractivity contribution in [2.75, 3.05) is 43.9 Å². The second-order valence-electron chi connectivity index (χ2n) is 6.62. The van der Waals surface area contributed by atoms with Crippen LogP contribution in [-0.2, 0) is 4.74 Å². The maximum Gasteiger partial charge on any atom is 0.411 e. The number of carbonyl (C=O) groups excluding carboxylic acids is 2. The summed E-state index contributed by atoms with van der Waals surface area (Å²) in [7, 11) is 1.32. The number of hydrogen-bond acceptors (Lipinski definition) is 4. The van der Waals surface area contributed by atoms with Crippen molar-refractivity contribution in [1.82, 2.24) is 9.80 Å².